The van der Waals surface area contributed by atoms with Gasteiger partial charge in [-0.25, -0.2) is 4.42 Å². The molecule has 1 amide bonds. The predicted octanol–water partition coefficient (Wildman–Crippen LogP) is 2.74. The summed E-state index contributed by atoms with van der Waals surface area (Å²) in [6, 6.07) is 14.1. The number of ether oxygens (including phenoxy) is 1. The Morgan fingerprint density at radius 1 is 1.18 bits per heavy atom. The summed E-state index contributed by atoms with van der Waals surface area (Å²) in [4.78, 5) is 12.2. The van der Waals surface area contributed by atoms with Gasteiger partial charge >= 0.3 is 0 Å². The lowest BCUT2D eigenvalue weighted by Crippen LogP contribution is -2.48. The van der Waals surface area contributed by atoms with Crippen LogP contribution in [-0.4, -0.2) is 29.5 Å². The highest BCUT2D eigenvalue weighted by molar-refractivity contribution is 6.13. The molecule has 3 rings (SSSR count). The number of rotatable bonds is 4. The third-order valence-electron chi connectivity index (χ3n) is 3.43. The van der Waals surface area contributed by atoms with Crippen molar-refractivity contribution < 1.29 is 9.53 Å². The SMILES string of the molecule is Nc1ccccc1NC(=O)c1ccc(OC2CN(Cl)C2)cc1. The van der Waals surface area contributed by atoms with Gasteiger partial charge in [0.25, 0.3) is 5.91 Å². The molecule has 0 spiro atoms. The van der Waals surface area contributed by atoms with Crippen LogP contribution in [-0.2, 0) is 0 Å². The minimum Gasteiger partial charge on any atom is -0.488 e. The van der Waals surface area contributed by atoms with Gasteiger partial charge in [0, 0.05) is 5.56 Å². The maximum Gasteiger partial charge on any atom is 0.255 e. The monoisotopic (exact) mass is 317 g/mol. The number of nitrogens with one attached hydrogen (secondary N) is 1. The molecule has 1 aliphatic rings. The molecule has 2 aromatic carbocycles. The van der Waals surface area contributed by atoms with E-state index in [9.17, 15) is 4.79 Å². The fourth-order valence-corrected chi connectivity index (χ4v) is 2.45. The van der Waals surface area contributed by atoms with E-state index in [0.717, 1.165) is 5.75 Å². The average molecular weight is 318 g/mol. The Balaban J connectivity index is 1.62. The van der Waals surface area contributed by atoms with Gasteiger partial charge in [0.15, 0.2) is 0 Å². The third-order valence-corrected chi connectivity index (χ3v) is 3.71. The number of benzene rings is 2. The highest BCUT2D eigenvalue weighted by Gasteiger charge is 2.26. The van der Waals surface area contributed by atoms with Gasteiger partial charge < -0.3 is 15.8 Å². The first-order chi connectivity index (χ1) is 10.6. The number of carbonyl (C=O) groups is 1. The molecular weight excluding hydrogens is 302 g/mol. The van der Waals surface area contributed by atoms with Crippen LogP contribution in [0.5, 0.6) is 5.75 Å². The Morgan fingerprint density at radius 3 is 2.50 bits per heavy atom. The number of carbonyl (C=O) groups excluding carboxylic acids is 1. The Labute approximate surface area is 133 Å². The summed E-state index contributed by atoms with van der Waals surface area (Å²) in [5, 5.41) is 2.79. The Kier molecular flexibility index (Phi) is 4.18. The zero-order chi connectivity index (χ0) is 15.5. The van der Waals surface area contributed by atoms with Crippen LogP contribution in [0.25, 0.3) is 0 Å². The van der Waals surface area contributed by atoms with Crippen molar-refractivity contribution >= 4 is 29.1 Å². The van der Waals surface area contributed by atoms with E-state index in [1.165, 1.54) is 0 Å². The summed E-state index contributed by atoms with van der Waals surface area (Å²) in [5.74, 6) is 0.519. The molecule has 22 heavy (non-hydrogen) atoms. The van der Waals surface area contributed by atoms with Crippen LogP contribution in [0.3, 0.4) is 0 Å². The first kappa shape index (κ1) is 14.7. The van der Waals surface area contributed by atoms with Crippen molar-refractivity contribution in [2.24, 2.45) is 0 Å². The van der Waals surface area contributed by atoms with Gasteiger partial charge in [-0.05, 0) is 48.2 Å². The largest absolute Gasteiger partial charge is 0.488 e. The summed E-state index contributed by atoms with van der Waals surface area (Å²) < 4.78 is 7.38. The number of hydrogen-bond acceptors (Lipinski definition) is 4. The predicted molar refractivity (Wildman–Crippen MR) is 87.1 cm³/mol. The molecule has 0 radical (unpaired) electrons. The van der Waals surface area contributed by atoms with E-state index in [4.69, 9.17) is 22.2 Å². The van der Waals surface area contributed by atoms with Gasteiger partial charge in [-0.3, -0.25) is 4.79 Å². The molecule has 1 heterocycles. The van der Waals surface area contributed by atoms with E-state index in [1.54, 1.807) is 40.8 Å². The molecule has 3 N–H and O–H groups in total. The number of anilines is 2. The average Bonchev–Trinajstić information content (AvgIpc) is 2.49. The number of nitrogens with two attached hydrogens (primary N) is 1. The topological polar surface area (TPSA) is 67.6 Å². The van der Waals surface area contributed by atoms with Crippen LogP contribution in [0, 0.1) is 0 Å². The standard InChI is InChI=1S/C16H16ClN3O2/c17-20-9-13(10-20)22-12-7-5-11(6-8-12)16(21)19-15-4-2-1-3-14(15)18/h1-8,13H,9-10,18H2,(H,19,21). The summed E-state index contributed by atoms with van der Waals surface area (Å²) in [6.45, 7) is 1.41. The molecule has 114 valence electrons. The van der Waals surface area contributed by atoms with E-state index in [1.807, 2.05) is 12.1 Å². The third kappa shape index (κ3) is 3.32. The molecule has 0 aromatic heterocycles. The van der Waals surface area contributed by atoms with Gasteiger partial charge in [-0.2, -0.15) is 0 Å². The molecule has 2 aromatic rings. The molecular formula is C16H16ClN3O2. The molecule has 0 atom stereocenters. The minimum atomic E-state index is -0.208. The van der Waals surface area contributed by atoms with E-state index in [2.05, 4.69) is 5.32 Å². The summed E-state index contributed by atoms with van der Waals surface area (Å²) >= 11 is 5.76. The van der Waals surface area contributed by atoms with Crippen LogP contribution in [0.4, 0.5) is 11.4 Å². The van der Waals surface area contributed by atoms with Gasteiger partial charge in [0.05, 0.1) is 24.5 Å². The maximum atomic E-state index is 12.2. The zero-order valence-electron chi connectivity index (χ0n) is 11.8. The second kappa shape index (κ2) is 6.25. The first-order valence-corrected chi connectivity index (χ1v) is 7.29. The molecule has 6 heteroatoms. The number of para-hydroxylation sites is 2. The van der Waals surface area contributed by atoms with Crippen LogP contribution in [0.2, 0.25) is 0 Å². The lowest BCUT2D eigenvalue weighted by molar-refractivity contribution is 0.0784. The second-order valence-corrected chi connectivity index (χ2v) is 5.61. The summed E-state index contributed by atoms with van der Waals surface area (Å²) in [7, 11) is 0. The molecule has 5 nitrogen and oxygen atoms in total. The highest BCUT2D eigenvalue weighted by Crippen LogP contribution is 2.21. The van der Waals surface area contributed by atoms with E-state index < -0.39 is 0 Å². The molecule has 0 unspecified atom stereocenters. The zero-order valence-corrected chi connectivity index (χ0v) is 12.6. The van der Waals surface area contributed by atoms with Gasteiger partial charge in [0.1, 0.15) is 11.9 Å². The first-order valence-electron chi connectivity index (χ1n) is 6.95. The molecule has 1 saturated heterocycles. The van der Waals surface area contributed by atoms with Gasteiger partial charge in [-0.1, -0.05) is 12.1 Å². The lowest BCUT2D eigenvalue weighted by Gasteiger charge is -2.33. The van der Waals surface area contributed by atoms with Crippen molar-refractivity contribution in [3.05, 3.63) is 54.1 Å². The van der Waals surface area contributed by atoms with Crippen molar-refractivity contribution in [2.45, 2.75) is 6.10 Å². The number of amides is 1. The fraction of sp³-hybridized carbons (Fsp3) is 0.188. The molecule has 0 saturated carbocycles. The van der Waals surface area contributed by atoms with Crippen molar-refractivity contribution in [3.8, 4) is 5.75 Å². The molecule has 1 fully saturated rings. The van der Waals surface area contributed by atoms with Crippen LogP contribution >= 0.6 is 11.8 Å². The van der Waals surface area contributed by atoms with E-state index in [0.29, 0.717) is 30.0 Å². The van der Waals surface area contributed by atoms with Crippen molar-refractivity contribution in [2.75, 3.05) is 24.1 Å². The summed E-state index contributed by atoms with van der Waals surface area (Å²) in [5.41, 5.74) is 7.49. The van der Waals surface area contributed by atoms with Crippen LogP contribution in [0.15, 0.2) is 48.5 Å². The Morgan fingerprint density at radius 2 is 1.86 bits per heavy atom. The van der Waals surface area contributed by atoms with E-state index >= 15 is 0 Å². The highest BCUT2D eigenvalue weighted by atomic mass is 35.5. The van der Waals surface area contributed by atoms with Gasteiger partial charge in [-0.15, -0.1) is 0 Å². The molecule has 0 bridgehead atoms. The van der Waals surface area contributed by atoms with Crippen molar-refractivity contribution in [3.63, 3.8) is 0 Å². The molecule has 1 aliphatic heterocycles. The Bertz CT molecular complexity index is 669. The maximum absolute atomic E-state index is 12.2. The lowest BCUT2D eigenvalue weighted by atomic mass is 10.2. The van der Waals surface area contributed by atoms with Crippen molar-refractivity contribution in [1.82, 2.24) is 4.42 Å². The van der Waals surface area contributed by atoms with Crippen molar-refractivity contribution in [1.29, 1.82) is 0 Å². The van der Waals surface area contributed by atoms with Gasteiger partial charge in [0.2, 0.25) is 0 Å². The smallest absolute Gasteiger partial charge is 0.255 e. The normalized spacial score (nSPS) is 15.1. The van der Waals surface area contributed by atoms with Crippen LogP contribution < -0.4 is 15.8 Å². The number of halogens is 1. The fourth-order valence-electron chi connectivity index (χ4n) is 2.15. The Hall–Kier alpha value is -2.24. The number of nitrogen functional groups attached to an aromatic ring is 1. The summed E-state index contributed by atoms with van der Waals surface area (Å²) in [6.07, 6.45) is 0.112. The second-order valence-electron chi connectivity index (χ2n) is 5.13. The van der Waals surface area contributed by atoms with Crippen LogP contribution in [0.1, 0.15) is 10.4 Å². The number of nitrogens with zero attached hydrogens (tertiary/aromatic N) is 1. The van der Waals surface area contributed by atoms with E-state index in [-0.39, 0.29) is 12.0 Å². The molecule has 0 aliphatic carbocycles. The minimum absolute atomic E-state index is 0.112. The quantitative estimate of drug-likeness (QED) is 0.672. The number of hydrogen-bond donors (Lipinski definition) is 2.